The van der Waals surface area contributed by atoms with E-state index in [0.29, 0.717) is 5.92 Å². The monoisotopic (exact) mass is 397 g/mol. The van der Waals surface area contributed by atoms with Crippen molar-refractivity contribution in [3.63, 3.8) is 0 Å². The van der Waals surface area contributed by atoms with Crippen molar-refractivity contribution in [2.24, 2.45) is 5.92 Å². The number of benzene rings is 2. The van der Waals surface area contributed by atoms with E-state index in [0.717, 1.165) is 42.0 Å². The molecule has 0 unspecified atom stereocenters. The van der Waals surface area contributed by atoms with Crippen LogP contribution in [0.4, 0.5) is 0 Å². The minimum atomic E-state index is -0.224. The summed E-state index contributed by atoms with van der Waals surface area (Å²) in [6.45, 7) is 2.26. The normalized spacial score (nSPS) is 24.7. The van der Waals surface area contributed by atoms with Gasteiger partial charge in [0.05, 0.1) is 17.6 Å². The van der Waals surface area contributed by atoms with Crippen LogP contribution in [-0.2, 0) is 18.3 Å². The van der Waals surface area contributed by atoms with Crippen molar-refractivity contribution in [2.75, 3.05) is 0 Å². The molecule has 6 rings (SSSR count). The van der Waals surface area contributed by atoms with Crippen LogP contribution < -0.4 is 0 Å². The number of phenolic OH excluding ortho intramolecular Hbond substituents is 1. The second-order valence-electron chi connectivity index (χ2n) is 8.64. The molecule has 4 aromatic rings. The number of H-pyrrole nitrogens is 1. The van der Waals surface area contributed by atoms with E-state index in [1.807, 2.05) is 18.3 Å². The third-order valence-corrected chi connectivity index (χ3v) is 7.21. The van der Waals surface area contributed by atoms with Gasteiger partial charge < -0.3 is 9.63 Å². The molecule has 0 spiro atoms. The van der Waals surface area contributed by atoms with Crippen molar-refractivity contribution in [3.05, 3.63) is 88.9 Å². The lowest BCUT2D eigenvalue weighted by Crippen LogP contribution is -2.47. The molecule has 2 N–H and O–H groups in total. The number of hydrogen-bond acceptors (Lipinski definition) is 4. The lowest BCUT2D eigenvalue weighted by atomic mass is 9.53. The van der Waals surface area contributed by atoms with E-state index in [-0.39, 0.29) is 17.1 Å². The summed E-state index contributed by atoms with van der Waals surface area (Å²) in [4.78, 5) is 0. The summed E-state index contributed by atoms with van der Waals surface area (Å²) >= 11 is 0. The van der Waals surface area contributed by atoms with Crippen molar-refractivity contribution in [1.82, 2.24) is 15.4 Å². The van der Waals surface area contributed by atoms with Gasteiger partial charge in [-0.3, -0.25) is 5.10 Å². The number of phenols is 1. The lowest BCUT2D eigenvalue weighted by Gasteiger charge is -2.48. The van der Waals surface area contributed by atoms with Crippen molar-refractivity contribution >= 4 is 0 Å². The Morgan fingerprint density at radius 1 is 1.13 bits per heavy atom. The summed E-state index contributed by atoms with van der Waals surface area (Å²) in [7, 11) is 0. The molecule has 5 nitrogen and oxygen atoms in total. The second kappa shape index (κ2) is 6.33. The number of fused-ring (bicyclic) bond motifs is 4. The molecule has 0 saturated carbocycles. The van der Waals surface area contributed by atoms with E-state index >= 15 is 0 Å². The van der Waals surface area contributed by atoms with E-state index in [4.69, 9.17) is 9.62 Å². The van der Waals surface area contributed by atoms with Gasteiger partial charge in [0.2, 0.25) is 0 Å². The number of nitrogens with one attached hydrogen (secondary N) is 1. The van der Waals surface area contributed by atoms with Gasteiger partial charge in [0.1, 0.15) is 11.5 Å². The molecule has 5 heteroatoms. The SMILES string of the molecule is C[C@@H]1c2oncc2C[C@]2(c3ccccc3)c3n[nH]c(-c4cccc(O)c4)c3CC[C@@H]12. The highest BCUT2D eigenvalue weighted by atomic mass is 16.5. The first-order chi connectivity index (χ1) is 14.7. The van der Waals surface area contributed by atoms with Crippen molar-refractivity contribution in [1.29, 1.82) is 0 Å². The Labute approximate surface area is 174 Å². The fourth-order valence-corrected chi connectivity index (χ4v) is 5.94. The predicted octanol–water partition coefficient (Wildman–Crippen LogP) is 4.98. The molecule has 2 aliphatic rings. The topological polar surface area (TPSA) is 74.9 Å². The van der Waals surface area contributed by atoms with Crippen LogP contribution in [0.15, 0.2) is 65.3 Å². The molecule has 0 fully saturated rings. The number of nitrogens with zero attached hydrogens (tertiary/aromatic N) is 2. The maximum atomic E-state index is 10.0. The van der Waals surface area contributed by atoms with E-state index in [2.05, 4.69) is 47.5 Å². The minimum Gasteiger partial charge on any atom is -0.508 e. The Balaban J connectivity index is 1.61. The average molecular weight is 397 g/mol. The van der Waals surface area contributed by atoms with Gasteiger partial charge in [-0.15, -0.1) is 0 Å². The van der Waals surface area contributed by atoms with Gasteiger partial charge in [0.25, 0.3) is 0 Å². The van der Waals surface area contributed by atoms with Gasteiger partial charge in [-0.25, -0.2) is 0 Å². The summed E-state index contributed by atoms with van der Waals surface area (Å²) in [6, 6.07) is 18.2. The zero-order chi connectivity index (χ0) is 20.3. The molecule has 2 aromatic carbocycles. The number of aromatic hydroxyl groups is 1. The Kier molecular flexibility index (Phi) is 3.69. The van der Waals surface area contributed by atoms with Gasteiger partial charge in [-0.1, -0.05) is 54.5 Å². The van der Waals surface area contributed by atoms with E-state index < -0.39 is 0 Å². The zero-order valence-electron chi connectivity index (χ0n) is 16.8. The average Bonchev–Trinajstić information content (AvgIpc) is 3.41. The van der Waals surface area contributed by atoms with Gasteiger partial charge >= 0.3 is 0 Å². The maximum absolute atomic E-state index is 10.0. The molecule has 30 heavy (non-hydrogen) atoms. The highest BCUT2D eigenvalue weighted by molar-refractivity contribution is 5.68. The van der Waals surface area contributed by atoms with Gasteiger partial charge in [0, 0.05) is 28.0 Å². The predicted molar refractivity (Wildman–Crippen MR) is 113 cm³/mol. The summed E-state index contributed by atoms with van der Waals surface area (Å²) in [5.41, 5.74) is 6.62. The molecule has 2 aromatic heterocycles. The largest absolute Gasteiger partial charge is 0.508 e. The summed E-state index contributed by atoms with van der Waals surface area (Å²) in [5, 5.41) is 22.4. The smallest absolute Gasteiger partial charge is 0.143 e. The molecule has 150 valence electrons. The first-order valence-corrected chi connectivity index (χ1v) is 10.5. The van der Waals surface area contributed by atoms with Crippen molar-refractivity contribution < 1.29 is 9.63 Å². The third-order valence-electron chi connectivity index (χ3n) is 7.21. The number of hydrogen-bond donors (Lipinski definition) is 2. The molecular formula is C25H23N3O2. The van der Waals surface area contributed by atoms with Crippen LogP contribution >= 0.6 is 0 Å². The Hall–Kier alpha value is -3.34. The van der Waals surface area contributed by atoms with E-state index in [9.17, 15) is 5.11 Å². The van der Waals surface area contributed by atoms with Crippen LogP contribution in [0.3, 0.4) is 0 Å². The molecule has 0 saturated heterocycles. The van der Waals surface area contributed by atoms with Gasteiger partial charge in [0.15, 0.2) is 0 Å². The van der Waals surface area contributed by atoms with Crippen molar-refractivity contribution in [2.45, 2.75) is 37.5 Å². The zero-order valence-corrected chi connectivity index (χ0v) is 16.8. The van der Waals surface area contributed by atoms with Gasteiger partial charge in [-0.2, -0.15) is 5.10 Å². The van der Waals surface area contributed by atoms with Crippen LogP contribution in [0, 0.1) is 5.92 Å². The highest BCUT2D eigenvalue weighted by Crippen LogP contribution is 2.57. The van der Waals surface area contributed by atoms with Crippen LogP contribution in [0.1, 0.15) is 47.4 Å². The van der Waals surface area contributed by atoms with Crippen LogP contribution in [0.25, 0.3) is 11.3 Å². The molecule has 0 radical (unpaired) electrons. The first-order valence-electron chi connectivity index (χ1n) is 10.5. The quantitative estimate of drug-likeness (QED) is 0.500. The highest BCUT2D eigenvalue weighted by Gasteiger charge is 2.54. The van der Waals surface area contributed by atoms with E-state index in [1.54, 1.807) is 12.1 Å². The molecular weight excluding hydrogens is 374 g/mol. The Morgan fingerprint density at radius 3 is 2.83 bits per heavy atom. The molecule has 2 heterocycles. The van der Waals surface area contributed by atoms with Crippen LogP contribution in [-0.4, -0.2) is 20.5 Å². The molecule has 2 aliphatic carbocycles. The first kappa shape index (κ1) is 17.5. The second-order valence-corrected chi connectivity index (χ2v) is 8.64. The number of rotatable bonds is 2. The summed E-state index contributed by atoms with van der Waals surface area (Å²) < 4.78 is 5.67. The standard InChI is InChI=1S/C25H23N3O2/c1-15-21-11-10-20-22(16-6-5-9-19(29)12-16)27-28-24(20)25(21,18-7-3-2-4-8-18)13-17-14-26-30-23(15)17/h2-9,12,14-15,21,29H,10-11,13H2,1H3,(H,27,28)/t15-,21-,25+/m0/s1. The Bertz CT molecular complexity index is 1230. The van der Waals surface area contributed by atoms with Crippen LogP contribution in [0.5, 0.6) is 5.75 Å². The fraction of sp³-hybridized carbons (Fsp3) is 0.280. The lowest BCUT2D eigenvalue weighted by molar-refractivity contribution is 0.190. The maximum Gasteiger partial charge on any atom is 0.143 e. The third kappa shape index (κ3) is 2.29. The fourth-order valence-electron chi connectivity index (χ4n) is 5.94. The van der Waals surface area contributed by atoms with Crippen molar-refractivity contribution in [3.8, 4) is 17.0 Å². The van der Waals surface area contributed by atoms with Crippen LogP contribution in [0.2, 0.25) is 0 Å². The molecule has 3 atom stereocenters. The molecule has 0 amide bonds. The van der Waals surface area contributed by atoms with E-state index in [1.165, 1.54) is 16.7 Å². The number of aromatic nitrogens is 3. The minimum absolute atomic E-state index is 0.224. The van der Waals surface area contributed by atoms with Gasteiger partial charge in [-0.05, 0) is 42.9 Å². The molecule has 0 aliphatic heterocycles. The summed E-state index contributed by atoms with van der Waals surface area (Å²) in [5.74, 6) is 1.94. The number of aromatic amines is 1. The Morgan fingerprint density at radius 2 is 2.00 bits per heavy atom. The molecule has 0 bridgehead atoms. The summed E-state index contributed by atoms with van der Waals surface area (Å²) in [6.07, 6.45) is 4.71.